The largest absolute Gasteiger partial charge is 0.477 e. The molecule has 1 N–H and O–H groups in total. The van der Waals surface area contributed by atoms with Gasteiger partial charge in [-0.3, -0.25) is 0 Å². The van der Waals surface area contributed by atoms with Crippen molar-refractivity contribution in [3.8, 4) is 0 Å². The molecule has 2 heterocycles. The highest BCUT2D eigenvalue weighted by molar-refractivity contribution is 5.95. The Labute approximate surface area is 129 Å². The van der Waals surface area contributed by atoms with E-state index in [0.717, 1.165) is 6.07 Å². The van der Waals surface area contributed by atoms with E-state index in [1.165, 1.54) is 16.8 Å². The zero-order valence-corrected chi connectivity index (χ0v) is 12.3. The van der Waals surface area contributed by atoms with Gasteiger partial charge >= 0.3 is 12.1 Å². The quantitative estimate of drug-likeness (QED) is 0.943. The highest BCUT2D eigenvalue weighted by atomic mass is 19.4. The van der Waals surface area contributed by atoms with Gasteiger partial charge in [-0.1, -0.05) is 18.2 Å². The third-order valence-corrected chi connectivity index (χ3v) is 3.88. The molecule has 1 aliphatic heterocycles. The summed E-state index contributed by atoms with van der Waals surface area (Å²) in [4.78, 5) is 13.0. The van der Waals surface area contributed by atoms with E-state index >= 15 is 0 Å². The van der Waals surface area contributed by atoms with E-state index in [0.29, 0.717) is 24.6 Å². The van der Waals surface area contributed by atoms with Crippen LogP contribution in [0.2, 0.25) is 0 Å². The summed E-state index contributed by atoms with van der Waals surface area (Å²) in [6.45, 7) is 2.45. The number of nitrogens with zero attached hydrogens (tertiary/aromatic N) is 3. The molecule has 0 fully saturated rings. The molecule has 3 rings (SSSR count). The number of rotatable bonds is 3. The summed E-state index contributed by atoms with van der Waals surface area (Å²) >= 11 is 0. The number of carbonyl (C=O) groups is 1. The number of aromatic nitrogens is 2. The molecule has 0 atom stereocenters. The molecule has 122 valence electrons. The molecule has 0 radical (unpaired) electrons. The van der Waals surface area contributed by atoms with Crippen molar-refractivity contribution in [1.29, 1.82) is 0 Å². The lowest BCUT2D eigenvalue weighted by atomic mass is 10.1. The third kappa shape index (κ3) is 2.64. The molecule has 0 unspecified atom stereocenters. The number of benzene rings is 1. The van der Waals surface area contributed by atoms with E-state index in [9.17, 15) is 23.1 Å². The first-order chi connectivity index (χ1) is 10.8. The topological polar surface area (TPSA) is 58.4 Å². The van der Waals surface area contributed by atoms with E-state index in [1.54, 1.807) is 17.9 Å². The number of aromatic carboxylic acids is 1. The van der Waals surface area contributed by atoms with Crippen LogP contribution in [-0.4, -0.2) is 27.4 Å². The second-order valence-corrected chi connectivity index (χ2v) is 5.39. The number of carboxylic acid groups (broad SMARTS) is 1. The fraction of sp³-hybridized carbons (Fsp3) is 0.333. The van der Waals surface area contributed by atoms with Crippen molar-refractivity contribution < 1.29 is 23.1 Å². The summed E-state index contributed by atoms with van der Waals surface area (Å²) in [7, 11) is 0. The Morgan fingerprint density at radius 2 is 2.00 bits per heavy atom. The van der Waals surface area contributed by atoms with Crippen molar-refractivity contribution in [2.24, 2.45) is 0 Å². The fourth-order valence-electron chi connectivity index (χ4n) is 2.91. The van der Waals surface area contributed by atoms with Crippen molar-refractivity contribution in [1.82, 2.24) is 9.78 Å². The summed E-state index contributed by atoms with van der Waals surface area (Å²) in [5.41, 5.74) is -0.177. The molecule has 0 spiro atoms. The van der Waals surface area contributed by atoms with Gasteiger partial charge < -0.3 is 10.0 Å². The van der Waals surface area contributed by atoms with Crippen molar-refractivity contribution in [3.05, 3.63) is 46.6 Å². The average molecular weight is 325 g/mol. The van der Waals surface area contributed by atoms with Gasteiger partial charge in [0.05, 0.1) is 17.8 Å². The maximum atomic E-state index is 13.1. The van der Waals surface area contributed by atoms with Gasteiger partial charge in [0.25, 0.3) is 0 Å². The standard InChI is InChI=1S/C15H14F3N3O2/c1-9-12(14(22)23)13-20(6-7-21(13)19-9)8-10-4-2-3-5-11(10)15(16,17)18/h2-5H,6-8H2,1H3,(H,22,23). The molecule has 2 aromatic rings. The highest BCUT2D eigenvalue weighted by Crippen LogP contribution is 2.35. The van der Waals surface area contributed by atoms with Crippen LogP contribution in [0.1, 0.15) is 27.2 Å². The molecule has 0 saturated heterocycles. The molecule has 0 amide bonds. The third-order valence-electron chi connectivity index (χ3n) is 3.88. The van der Waals surface area contributed by atoms with Crippen LogP contribution in [0.3, 0.4) is 0 Å². The van der Waals surface area contributed by atoms with Gasteiger partial charge in [0.15, 0.2) is 0 Å². The molecular formula is C15H14F3N3O2. The second-order valence-electron chi connectivity index (χ2n) is 5.39. The number of fused-ring (bicyclic) bond motifs is 1. The van der Waals surface area contributed by atoms with Crippen LogP contribution in [0.15, 0.2) is 24.3 Å². The first-order valence-electron chi connectivity index (χ1n) is 7.00. The van der Waals surface area contributed by atoms with Gasteiger partial charge in [0.2, 0.25) is 0 Å². The molecule has 1 aromatic carbocycles. The molecule has 23 heavy (non-hydrogen) atoms. The predicted molar refractivity (Wildman–Crippen MR) is 76.4 cm³/mol. The zero-order valence-electron chi connectivity index (χ0n) is 12.3. The first-order valence-corrected chi connectivity index (χ1v) is 7.00. The molecule has 0 bridgehead atoms. The lowest BCUT2D eigenvalue weighted by Gasteiger charge is -2.21. The SMILES string of the molecule is Cc1nn2c(c1C(=O)O)N(Cc1ccccc1C(F)(F)F)CC2. The van der Waals surface area contributed by atoms with E-state index in [1.807, 2.05) is 0 Å². The van der Waals surface area contributed by atoms with Crippen molar-refractivity contribution >= 4 is 11.8 Å². The van der Waals surface area contributed by atoms with Crippen LogP contribution >= 0.6 is 0 Å². The Hall–Kier alpha value is -2.51. The summed E-state index contributed by atoms with van der Waals surface area (Å²) in [5.74, 6) is -0.758. The lowest BCUT2D eigenvalue weighted by Crippen LogP contribution is -2.24. The maximum absolute atomic E-state index is 13.1. The van der Waals surface area contributed by atoms with Crippen molar-refractivity contribution in [3.63, 3.8) is 0 Å². The average Bonchev–Trinajstić information content (AvgIpc) is 2.97. The molecule has 0 aliphatic carbocycles. The predicted octanol–water partition coefficient (Wildman–Crippen LogP) is 2.93. The van der Waals surface area contributed by atoms with Gasteiger partial charge in [0.1, 0.15) is 11.4 Å². The molecule has 0 saturated carbocycles. The van der Waals surface area contributed by atoms with Crippen LogP contribution in [0.5, 0.6) is 0 Å². The fourth-order valence-corrected chi connectivity index (χ4v) is 2.91. The summed E-state index contributed by atoms with van der Waals surface area (Å²) in [5, 5.41) is 13.5. The number of alkyl halides is 3. The highest BCUT2D eigenvalue weighted by Gasteiger charge is 2.35. The molecular weight excluding hydrogens is 311 g/mol. The Bertz CT molecular complexity index is 768. The zero-order chi connectivity index (χ0) is 16.8. The Morgan fingerprint density at radius 3 is 2.65 bits per heavy atom. The number of anilines is 1. The monoisotopic (exact) mass is 325 g/mol. The van der Waals surface area contributed by atoms with Gasteiger partial charge in [-0.25, -0.2) is 9.48 Å². The smallest absolute Gasteiger partial charge is 0.416 e. The Kier molecular flexibility index (Phi) is 3.54. The van der Waals surface area contributed by atoms with Gasteiger partial charge in [-0.15, -0.1) is 0 Å². The Balaban J connectivity index is 1.98. The first kappa shape index (κ1) is 15.4. The number of halogens is 3. The number of carboxylic acids is 1. The molecule has 1 aromatic heterocycles. The second kappa shape index (κ2) is 5.29. The number of aryl methyl sites for hydroxylation is 1. The normalized spacial score (nSPS) is 14.2. The minimum absolute atomic E-state index is 0.0128. The van der Waals surface area contributed by atoms with Crippen molar-refractivity contribution in [2.45, 2.75) is 26.2 Å². The molecule has 5 nitrogen and oxygen atoms in total. The summed E-state index contributed by atoms with van der Waals surface area (Å²) in [6.07, 6.45) is -4.44. The van der Waals surface area contributed by atoms with E-state index in [2.05, 4.69) is 5.10 Å². The number of hydrogen-bond donors (Lipinski definition) is 1. The summed E-state index contributed by atoms with van der Waals surface area (Å²) < 4.78 is 40.8. The van der Waals surface area contributed by atoms with Crippen LogP contribution < -0.4 is 4.90 Å². The lowest BCUT2D eigenvalue weighted by molar-refractivity contribution is -0.138. The van der Waals surface area contributed by atoms with Crippen LogP contribution in [0, 0.1) is 6.92 Å². The van der Waals surface area contributed by atoms with Crippen LogP contribution in [0.4, 0.5) is 19.0 Å². The Morgan fingerprint density at radius 1 is 1.30 bits per heavy atom. The van der Waals surface area contributed by atoms with Gasteiger partial charge in [-0.2, -0.15) is 18.3 Å². The maximum Gasteiger partial charge on any atom is 0.416 e. The van der Waals surface area contributed by atoms with Gasteiger partial charge in [0, 0.05) is 13.1 Å². The summed E-state index contributed by atoms with van der Waals surface area (Å²) in [6, 6.07) is 5.33. The van der Waals surface area contributed by atoms with E-state index in [4.69, 9.17) is 0 Å². The molecule has 1 aliphatic rings. The van der Waals surface area contributed by atoms with E-state index < -0.39 is 17.7 Å². The minimum atomic E-state index is -4.44. The van der Waals surface area contributed by atoms with Gasteiger partial charge in [-0.05, 0) is 18.6 Å². The van der Waals surface area contributed by atoms with Crippen LogP contribution in [-0.2, 0) is 19.3 Å². The van der Waals surface area contributed by atoms with E-state index in [-0.39, 0.29) is 17.7 Å². The number of hydrogen-bond acceptors (Lipinski definition) is 3. The molecule has 8 heteroatoms. The van der Waals surface area contributed by atoms with Crippen molar-refractivity contribution in [2.75, 3.05) is 11.4 Å². The minimum Gasteiger partial charge on any atom is -0.477 e. The van der Waals surface area contributed by atoms with Crippen LogP contribution in [0.25, 0.3) is 0 Å².